The molecule has 0 aliphatic rings. The molecule has 30 heavy (non-hydrogen) atoms. The summed E-state index contributed by atoms with van der Waals surface area (Å²) in [6, 6.07) is 16.9. The van der Waals surface area contributed by atoms with Crippen LogP contribution in [0.5, 0.6) is 5.75 Å². The van der Waals surface area contributed by atoms with E-state index < -0.39 is 0 Å². The van der Waals surface area contributed by atoms with Gasteiger partial charge in [0, 0.05) is 18.4 Å². The largest absolute Gasteiger partial charge is 0.494 e. The van der Waals surface area contributed by atoms with Crippen LogP contribution < -0.4 is 15.6 Å². The first kappa shape index (κ1) is 21.2. The van der Waals surface area contributed by atoms with Crippen LogP contribution in [0.3, 0.4) is 0 Å². The van der Waals surface area contributed by atoms with Crippen molar-refractivity contribution in [2.24, 2.45) is 0 Å². The van der Waals surface area contributed by atoms with Crippen molar-refractivity contribution in [2.45, 2.75) is 39.2 Å². The number of rotatable bonds is 9. The van der Waals surface area contributed by atoms with Gasteiger partial charge < -0.3 is 15.0 Å². The number of ether oxygens (including phenoxy) is 1. The van der Waals surface area contributed by atoms with Crippen molar-refractivity contribution in [3.05, 3.63) is 76.2 Å². The molecule has 0 saturated carbocycles. The third-order valence-corrected chi connectivity index (χ3v) is 4.61. The van der Waals surface area contributed by atoms with Gasteiger partial charge in [0.15, 0.2) is 5.82 Å². The second kappa shape index (κ2) is 10.3. The van der Waals surface area contributed by atoms with Gasteiger partial charge in [0.25, 0.3) is 5.56 Å². The molecule has 0 radical (unpaired) electrons. The number of H-pyrrole nitrogens is 1. The number of aromatic nitrogens is 3. The normalized spacial score (nSPS) is 11.7. The summed E-state index contributed by atoms with van der Waals surface area (Å²) in [6.45, 7) is 4.58. The number of hydrogen-bond acceptors (Lipinski definition) is 5. The van der Waals surface area contributed by atoms with Crippen LogP contribution in [0.1, 0.15) is 44.0 Å². The molecular formula is C23H26N4O3. The fourth-order valence-electron chi connectivity index (χ4n) is 2.98. The van der Waals surface area contributed by atoms with Crippen molar-refractivity contribution < 1.29 is 9.53 Å². The highest BCUT2D eigenvalue weighted by Crippen LogP contribution is 2.20. The molecule has 0 saturated heterocycles. The van der Waals surface area contributed by atoms with Crippen molar-refractivity contribution in [1.82, 2.24) is 20.5 Å². The lowest BCUT2D eigenvalue weighted by molar-refractivity contribution is -0.121. The molecule has 2 aromatic carbocycles. The maximum absolute atomic E-state index is 12.4. The Balaban J connectivity index is 1.60. The zero-order valence-electron chi connectivity index (χ0n) is 17.2. The quantitative estimate of drug-likeness (QED) is 0.567. The van der Waals surface area contributed by atoms with E-state index in [1.54, 1.807) is 0 Å². The number of benzene rings is 2. The number of amides is 1. The fourth-order valence-corrected chi connectivity index (χ4v) is 2.98. The highest BCUT2D eigenvalue weighted by atomic mass is 16.5. The Labute approximate surface area is 175 Å². The lowest BCUT2D eigenvalue weighted by Crippen LogP contribution is -2.28. The number of aryl methyl sites for hydroxylation is 1. The van der Waals surface area contributed by atoms with Crippen LogP contribution in [0.4, 0.5) is 0 Å². The summed E-state index contributed by atoms with van der Waals surface area (Å²) in [7, 11) is 0. The predicted molar refractivity (Wildman–Crippen MR) is 115 cm³/mol. The van der Waals surface area contributed by atoms with Gasteiger partial charge in [-0.25, -0.2) is 0 Å². The van der Waals surface area contributed by atoms with Crippen molar-refractivity contribution in [3.63, 3.8) is 0 Å². The van der Waals surface area contributed by atoms with Crippen LogP contribution in [0.25, 0.3) is 11.4 Å². The number of nitrogens with one attached hydrogen (secondary N) is 2. The standard InChI is InChI=1S/C23H26N4O3/c1-3-14-30-19-11-7-10-18(15-19)22-25-23(29)20(26-27-22)12-13-21(28)24-16(2)17-8-5-4-6-9-17/h4-11,15-16H,3,12-14H2,1-2H3,(H,24,28)(H,25,27,29)/t16-/m0/s1. The molecule has 2 N–H and O–H groups in total. The first-order valence-corrected chi connectivity index (χ1v) is 10.1. The van der Waals surface area contributed by atoms with E-state index in [-0.39, 0.29) is 36.0 Å². The minimum Gasteiger partial charge on any atom is -0.494 e. The van der Waals surface area contributed by atoms with Gasteiger partial charge in [-0.15, -0.1) is 10.2 Å². The Morgan fingerprint density at radius 1 is 1.13 bits per heavy atom. The summed E-state index contributed by atoms with van der Waals surface area (Å²) in [5.41, 5.74) is 1.63. The molecular weight excluding hydrogens is 380 g/mol. The summed E-state index contributed by atoms with van der Waals surface area (Å²) >= 11 is 0. The van der Waals surface area contributed by atoms with Gasteiger partial charge in [-0.1, -0.05) is 49.4 Å². The predicted octanol–water partition coefficient (Wildman–Crippen LogP) is 3.43. The Bertz CT molecular complexity index is 1030. The second-order valence-corrected chi connectivity index (χ2v) is 7.03. The summed E-state index contributed by atoms with van der Waals surface area (Å²) in [4.78, 5) is 27.4. The number of aromatic amines is 1. The zero-order chi connectivity index (χ0) is 21.3. The summed E-state index contributed by atoms with van der Waals surface area (Å²) in [5, 5.41) is 11.1. The van der Waals surface area contributed by atoms with Crippen molar-refractivity contribution in [1.29, 1.82) is 0 Å². The number of carbonyl (C=O) groups excluding carboxylic acids is 1. The van der Waals surface area contributed by atoms with Crippen molar-refractivity contribution in [3.8, 4) is 17.1 Å². The summed E-state index contributed by atoms with van der Waals surface area (Å²) in [5.74, 6) is 0.940. The van der Waals surface area contributed by atoms with Gasteiger partial charge in [0.05, 0.1) is 12.6 Å². The molecule has 1 atom stereocenters. The molecule has 1 aromatic heterocycles. The number of carbonyl (C=O) groups is 1. The third-order valence-electron chi connectivity index (χ3n) is 4.61. The lowest BCUT2D eigenvalue weighted by Gasteiger charge is -2.14. The van der Waals surface area contributed by atoms with E-state index in [9.17, 15) is 9.59 Å². The van der Waals surface area contributed by atoms with Crippen LogP contribution >= 0.6 is 0 Å². The molecule has 156 valence electrons. The average Bonchev–Trinajstić information content (AvgIpc) is 2.77. The topological polar surface area (TPSA) is 97.0 Å². The highest BCUT2D eigenvalue weighted by molar-refractivity contribution is 5.76. The van der Waals surface area contributed by atoms with Gasteiger partial charge in [-0.2, -0.15) is 0 Å². The molecule has 3 rings (SSSR count). The zero-order valence-corrected chi connectivity index (χ0v) is 17.2. The fraction of sp³-hybridized carbons (Fsp3) is 0.304. The van der Waals surface area contributed by atoms with Crippen LogP contribution in [0.15, 0.2) is 59.4 Å². The smallest absolute Gasteiger partial charge is 0.273 e. The Kier molecular flexibility index (Phi) is 7.32. The van der Waals surface area contributed by atoms with E-state index >= 15 is 0 Å². The van der Waals surface area contributed by atoms with Gasteiger partial charge in [-0.3, -0.25) is 9.59 Å². The number of nitrogens with zero attached hydrogens (tertiary/aromatic N) is 2. The summed E-state index contributed by atoms with van der Waals surface area (Å²) in [6.07, 6.45) is 1.29. The van der Waals surface area contributed by atoms with Crippen LogP contribution in [-0.2, 0) is 11.2 Å². The molecule has 0 aliphatic carbocycles. The Morgan fingerprint density at radius 3 is 2.67 bits per heavy atom. The van der Waals surface area contributed by atoms with Crippen molar-refractivity contribution >= 4 is 5.91 Å². The molecule has 0 fully saturated rings. The average molecular weight is 406 g/mol. The molecule has 0 aliphatic heterocycles. The van der Waals surface area contributed by atoms with Crippen LogP contribution in [0, 0.1) is 0 Å². The minimum absolute atomic E-state index is 0.104. The molecule has 7 nitrogen and oxygen atoms in total. The van der Waals surface area contributed by atoms with E-state index in [2.05, 4.69) is 20.5 Å². The van der Waals surface area contributed by atoms with E-state index in [0.717, 1.165) is 12.0 Å². The van der Waals surface area contributed by atoms with Crippen LogP contribution in [0.2, 0.25) is 0 Å². The Hall–Kier alpha value is -3.48. The highest BCUT2D eigenvalue weighted by Gasteiger charge is 2.12. The van der Waals surface area contributed by atoms with E-state index in [4.69, 9.17) is 4.74 Å². The first-order chi connectivity index (χ1) is 14.6. The van der Waals surface area contributed by atoms with Gasteiger partial charge >= 0.3 is 0 Å². The molecule has 0 bridgehead atoms. The van der Waals surface area contributed by atoms with Crippen molar-refractivity contribution in [2.75, 3.05) is 6.61 Å². The molecule has 0 unspecified atom stereocenters. The SMILES string of the molecule is CCCOc1cccc(-c2nnc(CCC(=O)N[C@@H](C)c3ccccc3)c(=O)[nH]2)c1. The van der Waals surface area contributed by atoms with Gasteiger partial charge in [0.2, 0.25) is 5.91 Å². The van der Waals surface area contributed by atoms with Gasteiger partial charge in [-0.05, 0) is 31.0 Å². The van der Waals surface area contributed by atoms with Crippen LogP contribution in [-0.4, -0.2) is 27.7 Å². The van der Waals surface area contributed by atoms with Gasteiger partial charge in [0.1, 0.15) is 11.4 Å². The first-order valence-electron chi connectivity index (χ1n) is 10.1. The molecule has 3 aromatic rings. The number of hydrogen-bond donors (Lipinski definition) is 2. The molecule has 0 spiro atoms. The maximum Gasteiger partial charge on any atom is 0.273 e. The third kappa shape index (κ3) is 5.76. The maximum atomic E-state index is 12.4. The monoisotopic (exact) mass is 406 g/mol. The molecule has 1 amide bonds. The molecule has 7 heteroatoms. The van der Waals surface area contributed by atoms with E-state index in [0.29, 0.717) is 23.7 Å². The molecule has 1 heterocycles. The second-order valence-electron chi connectivity index (χ2n) is 7.03. The lowest BCUT2D eigenvalue weighted by atomic mass is 10.1. The minimum atomic E-state index is -0.344. The van der Waals surface area contributed by atoms with E-state index in [1.807, 2.05) is 68.4 Å². The summed E-state index contributed by atoms with van der Waals surface area (Å²) < 4.78 is 5.62. The van der Waals surface area contributed by atoms with E-state index in [1.165, 1.54) is 0 Å². The Morgan fingerprint density at radius 2 is 1.93 bits per heavy atom.